The highest BCUT2D eigenvalue weighted by molar-refractivity contribution is 7.07. The van der Waals surface area contributed by atoms with Crippen LogP contribution in [0.25, 0.3) is 0 Å². The third kappa shape index (κ3) is 5.96. The molecule has 0 unspecified atom stereocenters. The molecular weight excluding hydrogens is 380 g/mol. The number of nitrogens with zero attached hydrogens (tertiary/aromatic N) is 1. The molecule has 1 saturated heterocycles. The van der Waals surface area contributed by atoms with E-state index in [-0.39, 0.29) is 5.91 Å². The Hall–Kier alpha value is -1.56. The first kappa shape index (κ1) is 20.2. The van der Waals surface area contributed by atoms with Gasteiger partial charge in [-0.05, 0) is 92.4 Å². The van der Waals surface area contributed by atoms with Crippen LogP contribution in [-0.2, 0) is 11.3 Å². The van der Waals surface area contributed by atoms with E-state index in [1.54, 1.807) is 49.4 Å². The molecule has 0 saturated carbocycles. The SMILES string of the molecule is CC(C)(Oc1ccc(Cl)cc1)C(=O)NCC1CCN(Cc2ccsc2)CC1. The summed E-state index contributed by atoms with van der Waals surface area (Å²) in [6.07, 6.45) is 2.23. The molecule has 1 amide bonds. The molecule has 0 spiro atoms. The number of rotatable bonds is 7. The van der Waals surface area contributed by atoms with E-state index >= 15 is 0 Å². The van der Waals surface area contributed by atoms with Gasteiger partial charge in [-0.1, -0.05) is 11.6 Å². The number of likely N-dealkylation sites (tertiary alicyclic amines) is 1. The first-order chi connectivity index (χ1) is 12.9. The quantitative estimate of drug-likeness (QED) is 0.731. The molecule has 0 aliphatic carbocycles. The zero-order valence-corrected chi connectivity index (χ0v) is 17.5. The zero-order valence-electron chi connectivity index (χ0n) is 15.9. The van der Waals surface area contributed by atoms with E-state index in [4.69, 9.17) is 16.3 Å². The summed E-state index contributed by atoms with van der Waals surface area (Å²) in [4.78, 5) is 15.1. The van der Waals surface area contributed by atoms with Crippen LogP contribution in [0.1, 0.15) is 32.3 Å². The molecule has 1 aromatic carbocycles. The van der Waals surface area contributed by atoms with Crippen LogP contribution >= 0.6 is 22.9 Å². The second-order valence-corrected chi connectivity index (χ2v) is 8.84. The van der Waals surface area contributed by atoms with Crippen molar-refractivity contribution in [1.29, 1.82) is 0 Å². The maximum Gasteiger partial charge on any atom is 0.263 e. The van der Waals surface area contributed by atoms with Crippen LogP contribution in [0.4, 0.5) is 0 Å². The number of thiophene rings is 1. The molecule has 4 nitrogen and oxygen atoms in total. The summed E-state index contributed by atoms with van der Waals surface area (Å²) >= 11 is 7.64. The third-order valence-electron chi connectivity index (χ3n) is 4.98. The minimum Gasteiger partial charge on any atom is -0.478 e. The van der Waals surface area contributed by atoms with Crippen LogP contribution in [-0.4, -0.2) is 36.0 Å². The molecule has 27 heavy (non-hydrogen) atoms. The number of carbonyl (C=O) groups is 1. The van der Waals surface area contributed by atoms with E-state index in [1.807, 2.05) is 0 Å². The number of amides is 1. The van der Waals surface area contributed by atoms with E-state index in [1.165, 1.54) is 5.56 Å². The standard InChI is InChI=1S/C21H27ClN2O2S/c1-21(2,26-19-5-3-18(22)4-6-19)20(25)23-13-16-7-10-24(11-8-16)14-17-9-12-27-15-17/h3-6,9,12,15-16H,7-8,10-11,13-14H2,1-2H3,(H,23,25). The van der Waals surface area contributed by atoms with E-state index in [0.717, 1.165) is 32.5 Å². The molecule has 0 bridgehead atoms. The highest BCUT2D eigenvalue weighted by Gasteiger charge is 2.30. The highest BCUT2D eigenvalue weighted by atomic mass is 35.5. The first-order valence-corrected chi connectivity index (χ1v) is 10.7. The molecule has 2 heterocycles. The minimum absolute atomic E-state index is 0.0850. The lowest BCUT2D eigenvalue weighted by Gasteiger charge is -2.32. The number of ether oxygens (including phenoxy) is 1. The number of halogens is 1. The lowest BCUT2D eigenvalue weighted by atomic mass is 9.96. The lowest BCUT2D eigenvalue weighted by Crippen LogP contribution is -2.48. The summed E-state index contributed by atoms with van der Waals surface area (Å²) in [5, 5.41) is 8.07. The van der Waals surface area contributed by atoms with Crippen LogP contribution in [0.3, 0.4) is 0 Å². The fourth-order valence-electron chi connectivity index (χ4n) is 3.28. The highest BCUT2D eigenvalue weighted by Crippen LogP contribution is 2.22. The fourth-order valence-corrected chi connectivity index (χ4v) is 4.07. The molecule has 1 aromatic heterocycles. The lowest BCUT2D eigenvalue weighted by molar-refractivity contribution is -0.134. The summed E-state index contributed by atoms with van der Waals surface area (Å²) in [5.74, 6) is 1.08. The predicted molar refractivity (Wildman–Crippen MR) is 111 cm³/mol. The molecular formula is C21H27ClN2O2S. The Morgan fingerprint density at radius 3 is 2.59 bits per heavy atom. The van der Waals surface area contributed by atoms with E-state index in [9.17, 15) is 4.79 Å². The van der Waals surface area contributed by atoms with Crippen molar-refractivity contribution in [2.75, 3.05) is 19.6 Å². The zero-order chi connectivity index (χ0) is 19.3. The van der Waals surface area contributed by atoms with Crippen molar-refractivity contribution < 1.29 is 9.53 Å². The van der Waals surface area contributed by atoms with Crippen LogP contribution < -0.4 is 10.1 Å². The maximum atomic E-state index is 12.6. The van der Waals surface area contributed by atoms with Gasteiger partial charge < -0.3 is 10.1 Å². The second-order valence-electron chi connectivity index (χ2n) is 7.63. The van der Waals surface area contributed by atoms with E-state index in [0.29, 0.717) is 23.2 Å². The maximum absolute atomic E-state index is 12.6. The summed E-state index contributed by atoms with van der Waals surface area (Å²) in [7, 11) is 0. The minimum atomic E-state index is -0.923. The van der Waals surface area contributed by atoms with Gasteiger partial charge >= 0.3 is 0 Å². The monoisotopic (exact) mass is 406 g/mol. The molecule has 2 aromatic rings. The van der Waals surface area contributed by atoms with Gasteiger partial charge in [0, 0.05) is 18.1 Å². The number of nitrogens with one attached hydrogen (secondary N) is 1. The van der Waals surface area contributed by atoms with Gasteiger partial charge in [0.25, 0.3) is 5.91 Å². The number of carbonyl (C=O) groups excluding carboxylic acids is 1. The largest absolute Gasteiger partial charge is 0.478 e. The molecule has 1 fully saturated rings. The average molecular weight is 407 g/mol. The van der Waals surface area contributed by atoms with Crippen molar-refractivity contribution in [1.82, 2.24) is 10.2 Å². The van der Waals surface area contributed by atoms with Gasteiger partial charge in [0.1, 0.15) is 5.75 Å². The molecule has 1 N–H and O–H groups in total. The molecule has 0 radical (unpaired) electrons. The summed E-state index contributed by atoms with van der Waals surface area (Å²) < 4.78 is 5.86. The smallest absolute Gasteiger partial charge is 0.263 e. The topological polar surface area (TPSA) is 41.6 Å². The third-order valence-corrected chi connectivity index (χ3v) is 5.96. The van der Waals surface area contributed by atoms with Gasteiger partial charge in [-0.25, -0.2) is 0 Å². The van der Waals surface area contributed by atoms with Crippen molar-refractivity contribution in [3.63, 3.8) is 0 Å². The van der Waals surface area contributed by atoms with Crippen LogP contribution in [0.5, 0.6) is 5.75 Å². The molecule has 1 aliphatic rings. The Morgan fingerprint density at radius 2 is 1.96 bits per heavy atom. The molecule has 6 heteroatoms. The molecule has 146 valence electrons. The Balaban J connectivity index is 1.41. The van der Waals surface area contributed by atoms with Crippen molar-refractivity contribution in [3.8, 4) is 5.75 Å². The van der Waals surface area contributed by atoms with Crippen LogP contribution in [0.2, 0.25) is 5.02 Å². The normalized spacial score (nSPS) is 16.3. The van der Waals surface area contributed by atoms with Gasteiger partial charge in [0.05, 0.1) is 0 Å². The number of benzene rings is 1. The van der Waals surface area contributed by atoms with Crippen molar-refractivity contribution in [2.24, 2.45) is 5.92 Å². The Bertz CT molecular complexity index is 723. The second kappa shape index (κ2) is 9.09. The Morgan fingerprint density at radius 1 is 1.26 bits per heavy atom. The average Bonchev–Trinajstić information content (AvgIpc) is 3.15. The van der Waals surface area contributed by atoms with Crippen LogP contribution in [0, 0.1) is 5.92 Å². The van der Waals surface area contributed by atoms with Crippen molar-refractivity contribution >= 4 is 28.8 Å². The van der Waals surface area contributed by atoms with Gasteiger partial charge in [0.2, 0.25) is 0 Å². The van der Waals surface area contributed by atoms with Crippen molar-refractivity contribution in [2.45, 2.75) is 38.8 Å². The Kier molecular flexibility index (Phi) is 6.79. The van der Waals surface area contributed by atoms with Gasteiger partial charge in [-0.3, -0.25) is 9.69 Å². The summed E-state index contributed by atoms with van der Waals surface area (Å²) in [5.41, 5.74) is 0.473. The van der Waals surface area contributed by atoms with Crippen molar-refractivity contribution in [3.05, 3.63) is 51.7 Å². The predicted octanol–water partition coefficient (Wildman–Crippen LogP) is 4.59. The molecule has 1 aliphatic heterocycles. The van der Waals surface area contributed by atoms with Gasteiger partial charge in [-0.2, -0.15) is 11.3 Å². The number of hydrogen-bond donors (Lipinski definition) is 1. The summed E-state index contributed by atoms with van der Waals surface area (Å²) in [6.45, 7) is 7.49. The van der Waals surface area contributed by atoms with E-state index in [2.05, 4.69) is 27.0 Å². The number of piperidine rings is 1. The molecule has 3 rings (SSSR count). The van der Waals surface area contributed by atoms with Gasteiger partial charge in [-0.15, -0.1) is 0 Å². The Labute approximate surface area is 170 Å². The fraction of sp³-hybridized carbons (Fsp3) is 0.476. The first-order valence-electron chi connectivity index (χ1n) is 9.39. The number of hydrogen-bond acceptors (Lipinski definition) is 4. The van der Waals surface area contributed by atoms with E-state index < -0.39 is 5.60 Å². The van der Waals surface area contributed by atoms with Crippen LogP contribution in [0.15, 0.2) is 41.1 Å². The van der Waals surface area contributed by atoms with Gasteiger partial charge in [0.15, 0.2) is 5.60 Å². The molecule has 0 atom stereocenters. The summed E-state index contributed by atoms with van der Waals surface area (Å²) in [6, 6.07) is 9.27.